The monoisotopic (exact) mass is 516 g/mol. The van der Waals surface area contributed by atoms with Gasteiger partial charge in [-0.3, -0.25) is 4.79 Å². The number of rotatable bonds is 7. The molecule has 0 saturated carbocycles. The van der Waals surface area contributed by atoms with Crippen molar-refractivity contribution in [3.05, 3.63) is 55.6 Å². The summed E-state index contributed by atoms with van der Waals surface area (Å²) in [5.41, 5.74) is 3.87. The second-order valence-electron chi connectivity index (χ2n) is 4.91. The minimum Gasteiger partial charge on any atom is -0.490 e. The molecule has 0 aliphatic rings. The van der Waals surface area contributed by atoms with Gasteiger partial charge in [-0.25, -0.2) is 5.43 Å². The van der Waals surface area contributed by atoms with E-state index in [9.17, 15) is 4.79 Å². The molecule has 0 fully saturated rings. The van der Waals surface area contributed by atoms with Crippen molar-refractivity contribution in [2.45, 2.75) is 13.8 Å². The van der Waals surface area contributed by atoms with Crippen molar-refractivity contribution < 1.29 is 14.3 Å². The van der Waals surface area contributed by atoms with Crippen molar-refractivity contribution in [1.29, 1.82) is 0 Å². The van der Waals surface area contributed by atoms with Crippen LogP contribution in [-0.2, 0) is 0 Å². The molecular weight excluding hydrogens is 499 g/mol. The van der Waals surface area contributed by atoms with E-state index < -0.39 is 0 Å². The lowest BCUT2D eigenvalue weighted by molar-refractivity contribution is 0.0955. The number of nitrogens with zero attached hydrogens (tertiary/aromatic N) is 1. The van der Waals surface area contributed by atoms with Crippen LogP contribution in [0.3, 0.4) is 0 Å². The lowest BCUT2D eigenvalue weighted by Crippen LogP contribution is -2.17. The minimum absolute atomic E-state index is 0.259. The number of nitrogens with one attached hydrogen (secondary N) is 1. The molecule has 0 aromatic heterocycles. The molecule has 132 valence electrons. The van der Waals surface area contributed by atoms with Gasteiger partial charge in [0.15, 0.2) is 11.5 Å². The summed E-state index contributed by atoms with van der Waals surface area (Å²) in [5.74, 6) is 1.03. The molecule has 2 aromatic rings. The molecule has 0 spiro atoms. The van der Waals surface area contributed by atoms with Gasteiger partial charge < -0.3 is 9.47 Å². The van der Waals surface area contributed by atoms with Crippen molar-refractivity contribution in [3.63, 3.8) is 0 Å². The summed E-state index contributed by atoms with van der Waals surface area (Å²) < 4.78 is 13.0. The Morgan fingerprint density at radius 1 is 1.24 bits per heavy atom. The molecule has 0 aliphatic carbocycles. The summed E-state index contributed by atoms with van der Waals surface area (Å²) in [5, 5.41) is 4.02. The zero-order chi connectivity index (χ0) is 18.2. The number of amides is 1. The highest BCUT2D eigenvalue weighted by molar-refractivity contribution is 14.1. The van der Waals surface area contributed by atoms with Crippen molar-refractivity contribution >= 4 is 50.6 Å². The Morgan fingerprint density at radius 2 is 2.00 bits per heavy atom. The lowest BCUT2D eigenvalue weighted by Gasteiger charge is -2.13. The van der Waals surface area contributed by atoms with E-state index in [1.807, 2.05) is 38.1 Å². The lowest BCUT2D eigenvalue weighted by atomic mass is 10.2. The van der Waals surface area contributed by atoms with Gasteiger partial charge in [0.2, 0.25) is 0 Å². The van der Waals surface area contributed by atoms with Crippen LogP contribution in [0, 0.1) is 3.57 Å². The van der Waals surface area contributed by atoms with E-state index in [4.69, 9.17) is 9.47 Å². The molecule has 0 radical (unpaired) electrons. The number of hydrogen-bond donors (Lipinski definition) is 1. The van der Waals surface area contributed by atoms with Crippen LogP contribution in [0.5, 0.6) is 11.5 Å². The van der Waals surface area contributed by atoms with Crippen molar-refractivity contribution in [2.75, 3.05) is 13.2 Å². The van der Waals surface area contributed by atoms with Crippen molar-refractivity contribution in [1.82, 2.24) is 5.43 Å². The second kappa shape index (κ2) is 9.76. The molecule has 1 N–H and O–H groups in total. The van der Waals surface area contributed by atoms with Gasteiger partial charge in [-0.15, -0.1) is 0 Å². The van der Waals surface area contributed by atoms with E-state index in [1.54, 1.807) is 18.3 Å². The molecule has 0 unspecified atom stereocenters. The third-order valence-electron chi connectivity index (χ3n) is 3.09. The molecule has 2 rings (SSSR count). The van der Waals surface area contributed by atoms with Crippen LogP contribution in [0.1, 0.15) is 29.8 Å². The van der Waals surface area contributed by atoms with E-state index >= 15 is 0 Å². The third kappa shape index (κ3) is 5.71. The van der Waals surface area contributed by atoms with Gasteiger partial charge in [0.25, 0.3) is 5.91 Å². The Morgan fingerprint density at radius 3 is 2.68 bits per heavy atom. The van der Waals surface area contributed by atoms with E-state index in [1.165, 1.54) is 0 Å². The van der Waals surface area contributed by atoms with Gasteiger partial charge in [0.1, 0.15) is 0 Å². The van der Waals surface area contributed by atoms with Crippen molar-refractivity contribution in [3.8, 4) is 11.5 Å². The molecule has 0 atom stereocenters. The van der Waals surface area contributed by atoms with Gasteiger partial charge in [0, 0.05) is 9.13 Å². The van der Waals surface area contributed by atoms with Crippen LogP contribution in [0.25, 0.3) is 0 Å². The number of ether oxygens (including phenoxy) is 2. The maximum Gasteiger partial charge on any atom is 0.271 e. The van der Waals surface area contributed by atoms with Gasteiger partial charge in [0.05, 0.1) is 23.9 Å². The highest BCUT2D eigenvalue weighted by Crippen LogP contribution is 2.36. The number of halogens is 2. The average Bonchev–Trinajstić information content (AvgIpc) is 2.58. The molecule has 0 bridgehead atoms. The van der Waals surface area contributed by atoms with Crippen LogP contribution in [-0.4, -0.2) is 25.3 Å². The summed E-state index contributed by atoms with van der Waals surface area (Å²) in [6.07, 6.45) is 1.56. The molecule has 25 heavy (non-hydrogen) atoms. The predicted molar refractivity (Wildman–Crippen MR) is 111 cm³/mol. The fraction of sp³-hybridized carbons (Fsp3) is 0.222. The normalized spacial score (nSPS) is 10.7. The number of hydrogen-bond acceptors (Lipinski definition) is 4. The molecule has 0 heterocycles. The maximum absolute atomic E-state index is 12.1. The maximum atomic E-state index is 12.1. The van der Waals surface area contributed by atoms with Crippen LogP contribution in [0.15, 0.2) is 46.0 Å². The first-order valence-corrected chi connectivity index (χ1v) is 9.60. The fourth-order valence-electron chi connectivity index (χ4n) is 2.07. The number of hydrazone groups is 1. The van der Waals surface area contributed by atoms with Gasteiger partial charge in [-0.05, 0) is 88.3 Å². The molecule has 2 aromatic carbocycles. The van der Waals surface area contributed by atoms with Crippen LogP contribution < -0.4 is 14.9 Å². The van der Waals surface area contributed by atoms with Gasteiger partial charge >= 0.3 is 0 Å². The summed E-state index contributed by atoms with van der Waals surface area (Å²) in [7, 11) is 0. The van der Waals surface area contributed by atoms with Gasteiger partial charge in [-0.1, -0.05) is 6.07 Å². The van der Waals surface area contributed by atoms with E-state index in [2.05, 4.69) is 49.0 Å². The molecule has 7 heteroatoms. The Bertz CT molecular complexity index is 781. The molecule has 1 amide bonds. The minimum atomic E-state index is -0.259. The van der Waals surface area contributed by atoms with E-state index in [-0.39, 0.29) is 5.91 Å². The summed E-state index contributed by atoms with van der Waals surface area (Å²) in [4.78, 5) is 12.1. The topological polar surface area (TPSA) is 59.9 Å². The first-order valence-electron chi connectivity index (χ1n) is 7.73. The number of carbonyl (C=O) groups is 1. The standard InChI is InChI=1S/C18H18BrIN2O3/c1-3-24-16-9-12(8-15(19)17(16)25-4-2)11-21-22-18(23)13-6-5-7-14(20)10-13/h5-11H,3-4H2,1-2H3,(H,22,23)/b21-11-. The zero-order valence-electron chi connectivity index (χ0n) is 13.9. The molecular formula is C18H18BrIN2O3. The second-order valence-corrected chi connectivity index (χ2v) is 7.01. The molecule has 5 nitrogen and oxygen atoms in total. The summed E-state index contributed by atoms with van der Waals surface area (Å²) >= 11 is 5.64. The Labute approximate surface area is 169 Å². The Hall–Kier alpha value is -1.61. The molecule has 0 aliphatic heterocycles. The smallest absolute Gasteiger partial charge is 0.271 e. The largest absolute Gasteiger partial charge is 0.490 e. The third-order valence-corrected chi connectivity index (χ3v) is 4.35. The first-order chi connectivity index (χ1) is 12.0. The van der Waals surface area contributed by atoms with Crippen molar-refractivity contribution in [2.24, 2.45) is 5.10 Å². The molecule has 0 saturated heterocycles. The van der Waals surface area contributed by atoms with E-state index in [0.717, 1.165) is 13.6 Å². The number of benzene rings is 2. The quantitative estimate of drug-likeness (QED) is 0.332. The Balaban J connectivity index is 2.13. The highest BCUT2D eigenvalue weighted by atomic mass is 127. The van der Waals surface area contributed by atoms with Crippen LogP contribution >= 0.6 is 38.5 Å². The highest BCUT2D eigenvalue weighted by Gasteiger charge is 2.11. The van der Waals surface area contributed by atoms with Gasteiger partial charge in [-0.2, -0.15) is 5.10 Å². The summed E-state index contributed by atoms with van der Waals surface area (Å²) in [6, 6.07) is 11.0. The number of carbonyl (C=O) groups excluding carboxylic acids is 1. The Kier molecular flexibility index (Phi) is 7.70. The van der Waals surface area contributed by atoms with Crippen LogP contribution in [0.4, 0.5) is 0 Å². The predicted octanol–water partition coefficient (Wildman–Crippen LogP) is 4.62. The zero-order valence-corrected chi connectivity index (χ0v) is 17.6. The first kappa shape index (κ1) is 19.7. The SMILES string of the molecule is CCOc1cc(/C=N\NC(=O)c2cccc(I)c2)cc(Br)c1OCC. The fourth-order valence-corrected chi connectivity index (χ4v) is 3.19. The average molecular weight is 517 g/mol. The van der Waals surface area contributed by atoms with E-state index in [0.29, 0.717) is 30.3 Å². The van der Waals surface area contributed by atoms with Crippen LogP contribution in [0.2, 0.25) is 0 Å². The summed E-state index contributed by atoms with van der Waals surface area (Å²) in [6.45, 7) is 4.89.